The summed E-state index contributed by atoms with van der Waals surface area (Å²) in [6.45, 7) is 4.21. The van der Waals surface area contributed by atoms with Crippen LogP contribution in [0.15, 0.2) is 53.6 Å². The van der Waals surface area contributed by atoms with Gasteiger partial charge < -0.3 is 10.2 Å². The molecule has 0 atom stereocenters. The molecular formula is C18H23N5O3S. The lowest BCUT2D eigenvalue weighted by Gasteiger charge is -2.35. The lowest BCUT2D eigenvalue weighted by atomic mass is 10.2. The molecule has 9 heteroatoms. The molecule has 0 spiro atoms. The molecular weight excluding hydrogens is 366 g/mol. The monoisotopic (exact) mass is 389 g/mol. The van der Waals surface area contributed by atoms with Crippen molar-refractivity contribution in [3.8, 4) is 0 Å². The summed E-state index contributed by atoms with van der Waals surface area (Å²) < 4.78 is 22.5. The Morgan fingerprint density at radius 2 is 1.78 bits per heavy atom. The zero-order chi connectivity index (χ0) is 19.3. The van der Waals surface area contributed by atoms with Crippen LogP contribution in [0.2, 0.25) is 0 Å². The second-order valence-electron chi connectivity index (χ2n) is 6.38. The van der Waals surface area contributed by atoms with Gasteiger partial charge in [-0.1, -0.05) is 6.07 Å². The van der Waals surface area contributed by atoms with Gasteiger partial charge in [-0.15, -0.1) is 0 Å². The number of hydrogen-bond acceptors (Lipinski definition) is 6. The highest BCUT2D eigenvalue weighted by molar-refractivity contribution is 7.89. The smallest absolute Gasteiger partial charge is 0.238 e. The molecule has 2 heterocycles. The number of carbonyl (C=O) groups excluding carboxylic acids is 1. The summed E-state index contributed by atoms with van der Waals surface area (Å²) in [5.74, 6) is 0.878. The molecule has 3 rings (SSSR count). The number of sulfonamides is 1. The molecule has 3 N–H and O–H groups in total. The minimum Gasteiger partial charge on any atom is -0.354 e. The van der Waals surface area contributed by atoms with Crippen molar-refractivity contribution in [2.45, 2.75) is 11.3 Å². The van der Waals surface area contributed by atoms with E-state index in [0.29, 0.717) is 18.7 Å². The number of amides is 1. The van der Waals surface area contributed by atoms with Crippen LogP contribution in [0.5, 0.6) is 0 Å². The highest BCUT2D eigenvalue weighted by atomic mass is 32.2. The van der Waals surface area contributed by atoms with Gasteiger partial charge in [0, 0.05) is 51.0 Å². The van der Waals surface area contributed by atoms with Crippen molar-refractivity contribution in [2.24, 2.45) is 5.14 Å². The van der Waals surface area contributed by atoms with Gasteiger partial charge in [-0.25, -0.2) is 18.5 Å². The average Bonchev–Trinajstić information content (AvgIpc) is 2.67. The Balaban J connectivity index is 1.42. The number of nitrogens with one attached hydrogen (secondary N) is 1. The van der Waals surface area contributed by atoms with Gasteiger partial charge in [0.25, 0.3) is 0 Å². The molecule has 0 aliphatic carbocycles. The van der Waals surface area contributed by atoms with Crippen LogP contribution in [0.3, 0.4) is 0 Å². The molecule has 0 unspecified atom stereocenters. The summed E-state index contributed by atoms with van der Waals surface area (Å²) in [6.07, 6.45) is 2.17. The first-order valence-corrected chi connectivity index (χ1v) is 10.3. The molecule has 1 aliphatic heterocycles. The largest absolute Gasteiger partial charge is 0.354 e. The lowest BCUT2D eigenvalue weighted by Crippen LogP contribution is -2.47. The Morgan fingerprint density at radius 1 is 1.07 bits per heavy atom. The second kappa shape index (κ2) is 8.47. The Kier molecular flexibility index (Phi) is 6.04. The number of aromatic nitrogens is 1. The van der Waals surface area contributed by atoms with Crippen molar-refractivity contribution in [1.82, 2.24) is 9.88 Å². The zero-order valence-electron chi connectivity index (χ0n) is 14.9. The molecule has 144 valence electrons. The molecule has 1 amide bonds. The number of benzene rings is 1. The number of carbonyl (C=O) groups is 1. The van der Waals surface area contributed by atoms with Gasteiger partial charge in [-0.05, 0) is 36.4 Å². The van der Waals surface area contributed by atoms with Gasteiger partial charge in [0.15, 0.2) is 0 Å². The van der Waals surface area contributed by atoms with E-state index in [2.05, 4.69) is 20.1 Å². The minimum absolute atomic E-state index is 0.0197. The van der Waals surface area contributed by atoms with Crippen molar-refractivity contribution in [3.63, 3.8) is 0 Å². The molecule has 8 nitrogen and oxygen atoms in total. The van der Waals surface area contributed by atoms with Crippen LogP contribution in [0.1, 0.15) is 6.42 Å². The Hall–Kier alpha value is -2.49. The van der Waals surface area contributed by atoms with Crippen LogP contribution in [0.4, 0.5) is 11.5 Å². The molecule has 0 bridgehead atoms. The number of nitrogens with zero attached hydrogens (tertiary/aromatic N) is 3. The number of hydrogen-bond donors (Lipinski definition) is 2. The fourth-order valence-corrected chi connectivity index (χ4v) is 3.47. The predicted molar refractivity (Wildman–Crippen MR) is 104 cm³/mol. The quantitative estimate of drug-likeness (QED) is 0.759. The van der Waals surface area contributed by atoms with Crippen LogP contribution in [-0.2, 0) is 14.8 Å². The Labute approximate surface area is 159 Å². The Morgan fingerprint density at radius 3 is 2.37 bits per heavy atom. The SMILES string of the molecule is NS(=O)(=O)c1ccc(NC(=O)CCN2CCN(c3ccccn3)CC2)cc1. The maximum atomic E-state index is 12.1. The van der Waals surface area contributed by atoms with Gasteiger partial charge in [0.05, 0.1) is 4.90 Å². The summed E-state index contributed by atoms with van der Waals surface area (Å²) in [7, 11) is -3.73. The van der Waals surface area contributed by atoms with Gasteiger partial charge in [0.2, 0.25) is 15.9 Å². The van der Waals surface area contributed by atoms with Crippen molar-refractivity contribution >= 4 is 27.4 Å². The number of rotatable bonds is 6. The fourth-order valence-electron chi connectivity index (χ4n) is 2.95. The first-order valence-electron chi connectivity index (χ1n) is 8.73. The maximum absolute atomic E-state index is 12.1. The molecule has 27 heavy (non-hydrogen) atoms. The van der Waals surface area contributed by atoms with Crippen LogP contribution in [0, 0.1) is 0 Å². The molecule has 1 aromatic heterocycles. The van der Waals surface area contributed by atoms with E-state index in [1.54, 1.807) is 6.20 Å². The van der Waals surface area contributed by atoms with E-state index in [4.69, 9.17) is 5.14 Å². The molecule has 1 fully saturated rings. The molecule has 0 saturated carbocycles. The normalized spacial score (nSPS) is 15.5. The minimum atomic E-state index is -3.73. The highest BCUT2D eigenvalue weighted by Crippen LogP contribution is 2.14. The third kappa shape index (κ3) is 5.49. The summed E-state index contributed by atoms with van der Waals surface area (Å²) in [6, 6.07) is 11.7. The standard InChI is InChI=1S/C18H23N5O3S/c19-27(25,26)16-6-4-15(5-7-16)21-18(24)8-10-22-11-13-23(14-12-22)17-3-1-2-9-20-17/h1-7,9H,8,10-14H2,(H,21,24)(H2,19,25,26). The van der Waals surface area contributed by atoms with Gasteiger partial charge in [-0.2, -0.15) is 0 Å². The van der Waals surface area contributed by atoms with Crippen molar-refractivity contribution < 1.29 is 13.2 Å². The summed E-state index contributed by atoms with van der Waals surface area (Å²) in [5.41, 5.74) is 0.548. The summed E-state index contributed by atoms with van der Waals surface area (Å²) in [5, 5.41) is 7.83. The number of pyridine rings is 1. The zero-order valence-corrected chi connectivity index (χ0v) is 15.7. The van der Waals surface area contributed by atoms with Crippen LogP contribution < -0.4 is 15.4 Å². The van der Waals surface area contributed by atoms with Crippen LogP contribution >= 0.6 is 0 Å². The number of anilines is 2. The maximum Gasteiger partial charge on any atom is 0.238 e. The van der Waals surface area contributed by atoms with Crippen LogP contribution in [-0.4, -0.2) is 56.9 Å². The van der Waals surface area contributed by atoms with Crippen molar-refractivity contribution in [2.75, 3.05) is 42.9 Å². The van der Waals surface area contributed by atoms with Gasteiger partial charge in [-0.3, -0.25) is 9.69 Å². The summed E-state index contributed by atoms with van der Waals surface area (Å²) >= 11 is 0. The summed E-state index contributed by atoms with van der Waals surface area (Å²) in [4.78, 5) is 21.0. The lowest BCUT2D eigenvalue weighted by molar-refractivity contribution is -0.116. The Bertz CT molecular complexity index is 864. The number of nitrogens with two attached hydrogens (primary N) is 1. The van der Waals surface area contributed by atoms with Crippen LogP contribution in [0.25, 0.3) is 0 Å². The molecule has 0 radical (unpaired) electrons. The van der Waals surface area contributed by atoms with Gasteiger partial charge in [0.1, 0.15) is 5.82 Å². The fraction of sp³-hybridized carbons (Fsp3) is 0.333. The first-order chi connectivity index (χ1) is 12.9. The predicted octanol–water partition coefficient (Wildman–Crippen LogP) is 0.880. The van der Waals surface area contributed by atoms with E-state index in [1.165, 1.54) is 24.3 Å². The molecule has 1 aliphatic rings. The van der Waals surface area contributed by atoms with E-state index < -0.39 is 10.0 Å². The number of piperazine rings is 1. The molecule has 1 saturated heterocycles. The topological polar surface area (TPSA) is 109 Å². The first kappa shape index (κ1) is 19.3. The van der Waals surface area contributed by atoms with E-state index in [-0.39, 0.29) is 10.8 Å². The van der Waals surface area contributed by atoms with E-state index in [9.17, 15) is 13.2 Å². The van der Waals surface area contributed by atoms with Crippen molar-refractivity contribution in [3.05, 3.63) is 48.7 Å². The van der Waals surface area contributed by atoms with Gasteiger partial charge >= 0.3 is 0 Å². The second-order valence-corrected chi connectivity index (χ2v) is 7.95. The number of primary sulfonamides is 1. The van der Waals surface area contributed by atoms with E-state index in [1.807, 2.05) is 18.2 Å². The average molecular weight is 389 g/mol. The molecule has 2 aromatic rings. The molecule has 1 aromatic carbocycles. The third-order valence-electron chi connectivity index (χ3n) is 4.47. The van der Waals surface area contributed by atoms with Crippen molar-refractivity contribution in [1.29, 1.82) is 0 Å². The van der Waals surface area contributed by atoms with E-state index in [0.717, 1.165) is 32.0 Å². The van der Waals surface area contributed by atoms with E-state index >= 15 is 0 Å². The third-order valence-corrected chi connectivity index (χ3v) is 5.40. The highest BCUT2D eigenvalue weighted by Gasteiger charge is 2.18.